The molecule has 1 amide bonds. The van der Waals surface area contributed by atoms with Crippen LogP contribution in [0.3, 0.4) is 0 Å². The van der Waals surface area contributed by atoms with Crippen LogP contribution < -0.4 is 14.8 Å². The number of anilines is 1. The van der Waals surface area contributed by atoms with Gasteiger partial charge in [-0.3, -0.25) is 4.79 Å². The van der Waals surface area contributed by atoms with E-state index in [9.17, 15) is 9.59 Å². The number of hydrogen-bond donors (Lipinski definition) is 1. The highest BCUT2D eigenvalue weighted by atomic mass is 32.2. The number of ether oxygens (including phenoxy) is 3. The van der Waals surface area contributed by atoms with Crippen LogP contribution in [0.4, 0.5) is 5.69 Å². The van der Waals surface area contributed by atoms with Crippen molar-refractivity contribution < 1.29 is 23.8 Å². The Hall–Kier alpha value is -3.72. The molecular weight excluding hydrogens is 466 g/mol. The summed E-state index contributed by atoms with van der Waals surface area (Å²) in [5.74, 6) is 0.696. The molecule has 0 radical (unpaired) electrons. The fourth-order valence-electron chi connectivity index (χ4n) is 4.14. The third-order valence-corrected chi connectivity index (χ3v) is 6.67. The summed E-state index contributed by atoms with van der Waals surface area (Å²) in [7, 11) is 4.55. The molecule has 9 heteroatoms. The Morgan fingerprint density at radius 1 is 1.06 bits per heavy atom. The zero-order valence-corrected chi connectivity index (χ0v) is 20.8. The average Bonchev–Trinajstić information content (AvgIpc) is 3.29. The first-order chi connectivity index (χ1) is 17.0. The molecule has 2 heterocycles. The van der Waals surface area contributed by atoms with E-state index < -0.39 is 12.0 Å². The molecule has 0 saturated carbocycles. The molecule has 2 aliphatic rings. The first kappa shape index (κ1) is 24.4. The Balaban J connectivity index is 1.68. The van der Waals surface area contributed by atoms with E-state index in [-0.39, 0.29) is 12.3 Å². The zero-order chi connectivity index (χ0) is 24.9. The number of rotatable bonds is 8. The largest absolute Gasteiger partial charge is 0.497 e. The molecule has 4 rings (SSSR count). The standard InChI is InChI=1S/C26H27N3O5S/c1-5-20-23(25(31)34-4)24(19-8-6-7-9-21(19)33-3)29-17(15-35-26(29)28-20)14-22(30)27-16-10-12-18(32-2)13-11-16/h6-13,15,24H,5,14H2,1-4H3,(H,27,30)/t24-/m1/s1. The smallest absolute Gasteiger partial charge is 0.338 e. The van der Waals surface area contributed by atoms with E-state index in [0.717, 1.165) is 11.3 Å². The molecule has 182 valence electrons. The summed E-state index contributed by atoms with van der Waals surface area (Å²) in [6.45, 7) is 1.95. The molecule has 35 heavy (non-hydrogen) atoms. The monoisotopic (exact) mass is 493 g/mol. The summed E-state index contributed by atoms with van der Waals surface area (Å²) in [5.41, 5.74) is 3.28. The Labute approximate surface area is 208 Å². The summed E-state index contributed by atoms with van der Waals surface area (Å²) in [6, 6.07) is 14.1. The number of nitrogens with one attached hydrogen (secondary N) is 1. The number of benzene rings is 2. The second-order valence-corrected chi connectivity index (χ2v) is 8.63. The molecule has 0 fully saturated rings. The number of thioether (sulfide) groups is 1. The number of carbonyl (C=O) groups is 2. The number of para-hydroxylation sites is 1. The van der Waals surface area contributed by atoms with Crippen molar-refractivity contribution in [2.24, 2.45) is 4.99 Å². The minimum Gasteiger partial charge on any atom is -0.497 e. The van der Waals surface area contributed by atoms with Gasteiger partial charge in [-0.1, -0.05) is 36.9 Å². The van der Waals surface area contributed by atoms with E-state index in [0.29, 0.717) is 40.0 Å². The topological polar surface area (TPSA) is 89.5 Å². The molecule has 8 nitrogen and oxygen atoms in total. The van der Waals surface area contributed by atoms with Crippen LogP contribution in [0.5, 0.6) is 11.5 Å². The van der Waals surface area contributed by atoms with E-state index in [4.69, 9.17) is 19.2 Å². The molecule has 1 atom stereocenters. The summed E-state index contributed by atoms with van der Waals surface area (Å²) < 4.78 is 16.0. The van der Waals surface area contributed by atoms with Crippen molar-refractivity contribution in [3.63, 3.8) is 0 Å². The van der Waals surface area contributed by atoms with Gasteiger partial charge >= 0.3 is 5.97 Å². The lowest BCUT2D eigenvalue weighted by molar-refractivity contribution is -0.136. The SMILES string of the molecule is CCC1=C(C(=O)OC)[C@@H](c2ccccc2OC)N2C(CC(=O)Nc3ccc(OC)cc3)=CSC2=N1. The molecule has 0 aromatic heterocycles. The minimum absolute atomic E-state index is 0.0968. The van der Waals surface area contributed by atoms with Crippen LogP contribution in [0.1, 0.15) is 31.4 Å². The van der Waals surface area contributed by atoms with Crippen molar-refractivity contribution in [3.05, 3.63) is 76.5 Å². The van der Waals surface area contributed by atoms with Gasteiger partial charge in [-0.15, -0.1) is 0 Å². The van der Waals surface area contributed by atoms with Crippen LogP contribution in [0, 0.1) is 0 Å². The fraction of sp³-hybridized carbons (Fsp3) is 0.269. The first-order valence-electron chi connectivity index (χ1n) is 11.1. The van der Waals surface area contributed by atoms with Gasteiger partial charge in [0.2, 0.25) is 5.91 Å². The third kappa shape index (κ3) is 4.90. The van der Waals surface area contributed by atoms with E-state index in [1.54, 1.807) is 38.5 Å². The van der Waals surface area contributed by atoms with Crippen molar-refractivity contribution in [1.29, 1.82) is 0 Å². The average molecular weight is 494 g/mol. The van der Waals surface area contributed by atoms with Gasteiger partial charge < -0.3 is 24.4 Å². The molecule has 2 aromatic carbocycles. The molecule has 2 aromatic rings. The number of carbonyl (C=O) groups excluding carboxylic acids is 2. The number of hydrogen-bond acceptors (Lipinski definition) is 8. The van der Waals surface area contributed by atoms with Gasteiger partial charge in [0.15, 0.2) is 5.17 Å². The predicted molar refractivity (Wildman–Crippen MR) is 136 cm³/mol. The number of fused-ring (bicyclic) bond motifs is 1. The normalized spacial score (nSPS) is 16.8. The highest BCUT2D eigenvalue weighted by Crippen LogP contribution is 2.47. The van der Waals surface area contributed by atoms with Crippen molar-refractivity contribution in [2.75, 3.05) is 26.6 Å². The zero-order valence-electron chi connectivity index (χ0n) is 20.0. The molecule has 0 aliphatic carbocycles. The number of amides is 1. The quantitative estimate of drug-likeness (QED) is 0.525. The summed E-state index contributed by atoms with van der Waals surface area (Å²) in [4.78, 5) is 32.6. The number of esters is 1. The van der Waals surface area contributed by atoms with Gasteiger partial charge in [0.05, 0.1) is 45.1 Å². The van der Waals surface area contributed by atoms with Gasteiger partial charge in [0.25, 0.3) is 0 Å². The maximum atomic E-state index is 13.0. The van der Waals surface area contributed by atoms with Crippen LogP contribution in [0.25, 0.3) is 0 Å². The molecule has 0 bridgehead atoms. The number of allylic oxidation sites excluding steroid dienone is 1. The van der Waals surface area contributed by atoms with Crippen molar-refractivity contribution in [1.82, 2.24) is 4.90 Å². The minimum atomic E-state index is -0.545. The van der Waals surface area contributed by atoms with Gasteiger partial charge in [0, 0.05) is 16.9 Å². The van der Waals surface area contributed by atoms with Gasteiger partial charge in [-0.25, -0.2) is 9.79 Å². The van der Waals surface area contributed by atoms with E-state index in [1.807, 2.05) is 41.5 Å². The highest BCUT2D eigenvalue weighted by molar-refractivity contribution is 8.16. The van der Waals surface area contributed by atoms with Gasteiger partial charge in [0.1, 0.15) is 11.5 Å². The number of nitrogens with zero attached hydrogens (tertiary/aromatic N) is 2. The van der Waals surface area contributed by atoms with E-state index in [2.05, 4.69) is 5.32 Å². The fourth-order valence-corrected chi connectivity index (χ4v) is 5.08. The molecule has 0 spiro atoms. The van der Waals surface area contributed by atoms with Crippen molar-refractivity contribution in [2.45, 2.75) is 25.8 Å². The predicted octanol–water partition coefficient (Wildman–Crippen LogP) is 4.87. The lowest BCUT2D eigenvalue weighted by Crippen LogP contribution is -2.37. The Morgan fingerprint density at radius 3 is 2.46 bits per heavy atom. The highest BCUT2D eigenvalue weighted by Gasteiger charge is 2.42. The molecular formula is C26H27N3O5S. The van der Waals surface area contributed by atoms with Gasteiger partial charge in [-0.2, -0.15) is 0 Å². The van der Waals surface area contributed by atoms with Crippen LogP contribution >= 0.6 is 11.8 Å². The maximum absolute atomic E-state index is 13.0. The van der Waals surface area contributed by atoms with Crippen LogP contribution in [-0.2, 0) is 14.3 Å². The van der Waals surface area contributed by atoms with E-state index in [1.165, 1.54) is 18.9 Å². The summed E-state index contributed by atoms with van der Waals surface area (Å²) >= 11 is 1.43. The first-order valence-corrected chi connectivity index (χ1v) is 12.0. The maximum Gasteiger partial charge on any atom is 0.338 e. The van der Waals surface area contributed by atoms with Crippen molar-refractivity contribution in [3.8, 4) is 11.5 Å². The lowest BCUT2D eigenvalue weighted by atomic mass is 9.92. The van der Waals surface area contributed by atoms with Gasteiger partial charge in [-0.05, 0) is 42.2 Å². The second-order valence-electron chi connectivity index (χ2n) is 7.79. The van der Waals surface area contributed by atoms with Crippen LogP contribution in [0.15, 0.2) is 75.9 Å². The Kier molecular flexibility index (Phi) is 7.45. The van der Waals surface area contributed by atoms with E-state index >= 15 is 0 Å². The third-order valence-electron chi connectivity index (χ3n) is 5.78. The molecule has 0 saturated heterocycles. The second kappa shape index (κ2) is 10.7. The summed E-state index contributed by atoms with van der Waals surface area (Å²) in [5, 5.41) is 5.53. The number of aliphatic imine (C=N–C) groups is 1. The van der Waals surface area contributed by atoms with Crippen LogP contribution in [-0.4, -0.2) is 43.3 Å². The number of methoxy groups -OCH3 is 3. The molecule has 0 unspecified atom stereocenters. The summed E-state index contributed by atoms with van der Waals surface area (Å²) in [6.07, 6.45) is 0.654. The molecule has 1 N–H and O–H groups in total. The van der Waals surface area contributed by atoms with Crippen LogP contribution in [0.2, 0.25) is 0 Å². The lowest BCUT2D eigenvalue weighted by Gasteiger charge is -2.37. The van der Waals surface area contributed by atoms with Crippen molar-refractivity contribution >= 4 is 34.5 Å². The number of amidine groups is 1. The Morgan fingerprint density at radius 2 is 1.80 bits per heavy atom. The molecule has 2 aliphatic heterocycles. The Bertz CT molecular complexity index is 1220.